The van der Waals surface area contributed by atoms with Crippen LogP contribution < -0.4 is 0 Å². The predicted molar refractivity (Wildman–Crippen MR) is 75.0 cm³/mol. The topological polar surface area (TPSA) is 63.7 Å². The van der Waals surface area contributed by atoms with Crippen LogP contribution in [0.15, 0.2) is 0 Å². The van der Waals surface area contributed by atoms with E-state index >= 15 is 0 Å². The summed E-state index contributed by atoms with van der Waals surface area (Å²) in [5.74, 6) is 0.276. The number of ketones is 1. The van der Waals surface area contributed by atoms with Crippen LogP contribution >= 0.6 is 0 Å². The number of Topliss-reactive ketones (excluding diaryl/α,β-unsaturated/α-hetero) is 1. The van der Waals surface area contributed by atoms with Crippen molar-refractivity contribution in [2.45, 2.75) is 39.2 Å². The molecular formula is C13H25NO4S. The maximum absolute atomic E-state index is 12.0. The Balaban J connectivity index is 2.33. The van der Waals surface area contributed by atoms with Crippen LogP contribution in [0.4, 0.5) is 0 Å². The zero-order valence-corrected chi connectivity index (χ0v) is 12.7. The third kappa shape index (κ3) is 6.01. The van der Waals surface area contributed by atoms with Gasteiger partial charge in [0.2, 0.25) is 0 Å². The molecule has 0 aromatic carbocycles. The molecule has 1 unspecified atom stereocenters. The fourth-order valence-corrected chi connectivity index (χ4v) is 3.06. The Hall–Kier alpha value is -0.460. The second-order valence-corrected chi connectivity index (χ2v) is 7.44. The van der Waals surface area contributed by atoms with Crippen molar-refractivity contribution in [1.82, 2.24) is 4.90 Å². The van der Waals surface area contributed by atoms with Gasteiger partial charge in [-0.25, -0.2) is 8.42 Å². The number of carbonyl (C=O) groups excluding carboxylic acids is 1. The van der Waals surface area contributed by atoms with E-state index in [0.717, 1.165) is 19.5 Å². The van der Waals surface area contributed by atoms with Crippen molar-refractivity contribution in [3.8, 4) is 0 Å². The summed E-state index contributed by atoms with van der Waals surface area (Å²) < 4.78 is 28.2. The molecule has 0 spiro atoms. The summed E-state index contributed by atoms with van der Waals surface area (Å²) >= 11 is 0. The molecule has 1 aliphatic heterocycles. The molecule has 5 nitrogen and oxygen atoms in total. The van der Waals surface area contributed by atoms with E-state index in [2.05, 4.69) is 11.8 Å². The molecule has 1 atom stereocenters. The molecular weight excluding hydrogens is 266 g/mol. The molecule has 0 bridgehead atoms. The molecule has 0 N–H and O–H groups in total. The standard InChI is InChI=1S/C13H25NO4S/c1-3-7-14-8-9-18-13(11-14)12(15)6-5-10-19(16,17)4-2/h13H,3-11H2,1-2H3. The molecule has 1 aliphatic rings. The molecule has 0 amide bonds. The highest BCUT2D eigenvalue weighted by atomic mass is 32.2. The SMILES string of the molecule is CCCN1CCOC(C(=O)CCCS(=O)(=O)CC)C1. The Morgan fingerprint density at radius 3 is 2.74 bits per heavy atom. The maximum atomic E-state index is 12.0. The number of morpholine rings is 1. The fourth-order valence-electron chi connectivity index (χ4n) is 2.19. The second-order valence-electron chi connectivity index (χ2n) is 4.97. The molecule has 0 aliphatic carbocycles. The third-order valence-corrected chi connectivity index (χ3v) is 5.16. The van der Waals surface area contributed by atoms with Crippen molar-refractivity contribution in [3.05, 3.63) is 0 Å². The number of sulfone groups is 1. The molecule has 1 heterocycles. The van der Waals surface area contributed by atoms with Gasteiger partial charge in [-0.05, 0) is 19.4 Å². The lowest BCUT2D eigenvalue weighted by Crippen LogP contribution is -2.46. The van der Waals surface area contributed by atoms with Gasteiger partial charge in [0.1, 0.15) is 15.9 Å². The average molecular weight is 291 g/mol. The molecule has 0 saturated carbocycles. The van der Waals surface area contributed by atoms with E-state index in [4.69, 9.17) is 4.74 Å². The predicted octanol–water partition coefficient (Wildman–Crippen LogP) is 0.881. The van der Waals surface area contributed by atoms with Crippen molar-refractivity contribution in [1.29, 1.82) is 0 Å². The largest absolute Gasteiger partial charge is 0.368 e. The van der Waals surface area contributed by atoms with Gasteiger partial charge in [0.25, 0.3) is 0 Å². The quantitative estimate of drug-likeness (QED) is 0.664. The molecule has 6 heteroatoms. The van der Waals surface area contributed by atoms with Gasteiger partial charge in [-0.2, -0.15) is 0 Å². The van der Waals surface area contributed by atoms with Gasteiger partial charge in [0.05, 0.1) is 12.4 Å². The van der Waals surface area contributed by atoms with E-state index in [1.165, 1.54) is 0 Å². The van der Waals surface area contributed by atoms with Gasteiger partial charge in [-0.1, -0.05) is 13.8 Å². The van der Waals surface area contributed by atoms with E-state index in [-0.39, 0.29) is 23.4 Å². The summed E-state index contributed by atoms with van der Waals surface area (Å²) in [7, 11) is -2.97. The van der Waals surface area contributed by atoms with E-state index in [0.29, 0.717) is 26.0 Å². The Labute approximate surface area is 116 Å². The highest BCUT2D eigenvalue weighted by Gasteiger charge is 2.25. The smallest absolute Gasteiger partial charge is 0.162 e. The summed E-state index contributed by atoms with van der Waals surface area (Å²) in [6.07, 6.45) is 1.40. The van der Waals surface area contributed by atoms with Gasteiger partial charge in [-0.15, -0.1) is 0 Å². The number of hydrogen-bond donors (Lipinski definition) is 0. The lowest BCUT2D eigenvalue weighted by atomic mass is 10.1. The lowest BCUT2D eigenvalue weighted by molar-refractivity contribution is -0.136. The molecule has 1 rings (SSSR count). The Morgan fingerprint density at radius 1 is 1.37 bits per heavy atom. The van der Waals surface area contributed by atoms with Crippen LogP contribution in [0.3, 0.4) is 0 Å². The first-order chi connectivity index (χ1) is 8.98. The summed E-state index contributed by atoms with van der Waals surface area (Å²) in [5, 5.41) is 0. The number of carbonyl (C=O) groups is 1. The minimum atomic E-state index is -2.97. The van der Waals surface area contributed by atoms with Crippen molar-refractivity contribution in [3.63, 3.8) is 0 Å². The van der Waals surface area contributed by atoms with Crippen LogP contribution in [0.2, 0.25) is 0 Å². The van der Waals surface area contributed by atoms with Crippen LogP contribution in [-0.4, -0.2) is 63.0 Å². The third-order valence-electron chi connectivity index (χ3n) is 3.37. The Morgan fingerprint density at radius 2 is 2.11 bits per heavy atom. The maximum Gasteiger partial charge on any atom is 0.162 e. The second kappa shape index (κ2) is 7.97. The number of hydrogen-bond acceptors (Lipinski definition) is 5. The number of nitrogens with zero attached hydrogens (tertiary/aromatic N) is 1. The van der Waals surface area contributed by atoms with Crippen molar-refractivity contribution in [2.24, 2.45) is 0 Å². The molecule has 0 aromatic heterocycles. The first kappa shape index (κ1) is 16.6. The molecule has 0 aromatic rings. The van der Waals surface area contributed by atoms with Crippen LogP contribution in [0, 0.1) is 0 Å². The monoisotopic (exact) mass is 291 g/mol. The summed E-state index contributed by atoms with van der Waals surface area (Å²) in [5.41, 5.74) is 0. The minimum absolute atomic E-state index is 0.0344. The molecule has 1 fully saturated rings. The van der Waals surface area contributed by atoms with E-state index < -0.39 is 9.84 Å². The first-order valence-electron chi connectivity index (χ1n) is 7.05. The molecule has 0 radical (unpaired) electrons. The Kier molecular flexibility index (Phi) is 6.96. The lowest BCUT2D eigenvalue weighted by Gasteiger charge is -2.31. The average Bonchev–Trinajstić information content (AvgIpc) is 2.39. The molecule has 112 valence electrons. The summed E-state index contributed by atoms with van der Waals surface area (Å²) in [6, 6.07) is 0. The van der Waals surface area contributed by atoms with Crippen LogP contribution in [-0.2, 0) is 19.4 Å². The van der Waals surface area contributed by atoms with Crippen molar-refractivity contribution in [2.75, 3.05) is 37.7 Å². The first-order valence-corrected chi connectivity index (χ1v) is 8.87. The minimum Gasteiger partial charge on any atom is -0.368 e. The highest BCUT2D eigenvalue weighted by Crippen LogP contribution is 2.10. The number of ether oxygens (including phenoxy) is 1. The van der Waals surface area contributed by atoms with Crippen molar-refractivity contribution < 1.29 is 17.9 Å². The number of rotatable bonds is 8. The van der Waals surface area contributed by atoms with Crippen LogP contribution in [0.5, 0.6) is 0 Å². The van der Waals surface area contributed by atoms with Gasteiger partial charge in [0.15, 0.2) is 5.78 Å². The van der Waals surface area contributed by atoms with E-state index in [1.54, 1.807) is 6.92 Å². The van der Waals surface area contributed by atoms with Gasteiger partial charge >= 0.3 is 0 Å². The fraction of sp³-hybridized carbons (Fsp3) is 0.923. The highest BCUT2D eigenvalue weighted by molar-refractivity contribution is 7.91. The summed E-state index contributed by atoms with van der Waals surface area (Å²) in [6.45, 7) is 6.84. The van der Waals surface area contributed by atoms with Crippen LogP contribution in [0.25, 0.3) is 0 Å². The van der Waals surface area contributed by atoms with E-state index in [9.17, 15) is 13.2 Å². The van der Waals surface area contributed by atoms with Gasteiger partial charge in [-0.3, -0.25) is 9.69 Å². The van der Waals surface area contributed by atoms with Gasteiger partial charge < -0.3 is 4.74 Å². The molecule has 1 saturated heterocycles. The zero-order chi connectivity index (χ0) is 14.3. The Bertz CT molecular complexity index is 378. The molecule has 19 heavy (non-hydrogen) atoms. The van der Waals surface area contributed by atoms with Gasteiger partial charge in [0, 0.05) is 25.3 Å². The summed E-state index contributed by atoms with van der Waals surface area (Å²) in [4.78, 5) is 14.2. The van der Waals surface area contributed by atoms with Crippen molar-refractivity contribution >= 4 is 15.6 Å². The van der Waals surface area contributed by atoms with Crippen LogP contribution in [0.1, 0.15) is 33.1 Å². The normalized spacial score (nSPS) is 21.5. The zero-order valence-electron chi connectivity index (χ0n) is 11.9. The van der Waals surface area contributed by atoms with E-state index in [1.807, 2.05) is 0 Å².